The monoisotopic (exact) mass is 347 g/mol. The van der Waals surface area contributed by atoms with E-state index in [1.807, 2.05) is 16.8 Å². The van der Waals surface area contributed by atoms with Gasteiger partial charge >= 0.3 is 0 Å². The van der Waals surface area contributed by atoms with Gasteiger partial charge in [-0.05, 0) is 47.7 Å². The Morgan fingerprint density at radius 2 is 2.11 bits per heavy atom. The van der Waals surface area contributed by atoms with Crippen molar-refractivity contribution >= 4 is 34.2 Å². The van der Waals surface area contributed by atoms with E-state index in [-0.39, 0.29) is 24.4 Å². The topological polar surface area (TPSA) is 46.1 Å². The molecule has 1 aromatic heterocycles. The van der Waals surface area contributed by atoms with Crippen LogP contribution in [0.2, 0.25) is 0 Å². The maximum Gasteiger partial charge on any atom is 0.268 e. The van der Waals surface area contributed by atoms with Crippen LogP contribution in [0.25, 0.3) is 0 Å². The molecule has 2 fully saturated rings. The molecule has 2 N–H and O–H groups in total. The highest BCUT2D eigenvalue weighted by Crippen LogP contribution is 2.41. The van der Waals surface area contributed by atoms with E-state index in [1.165, 1.54) is 0 Å². The molecule has 0 spiro atoms. The average Bonchev–Trinajstić information content (AvgIpc) is 2.74. The van der Waals surface area contributed by atoms with Gasteiger partial charge in [0.25, 0.3) is 5.91 Å². The molecule has 0 aromatic carbocycles. The molecule has 0 radical (unpaired) electrons. The van der Waals surface area contributed by atoms with Crippen molar-refractivity contribution in [3.05, 3.63) is 22.4 Å². The first kappa shape index (κ1) is 14.9. The van der Waals surface area contributed by atoms with Gasteiger partial charge in [-0.3, -0.25) is 4.79 Å². The van der Waals surface area contributed by atoms with Crippen LogP contribution < -0.4 is 10.6 Å². The minimum atomic E-state index is 0. The van der Waals surface area contributed by atoms with Crippen LogP contribution in [0.5, 0.6) is 0 Å². The summed E-state index contributed by atoms with van der Waals surface area (Å²) in [6.07, 6.45) is 1.97. The highest BCUT2D eigenvalue weighted by atomic mass is 79.9. The van der Waals surface area contributed by atoms with Gasteiger partial charge in [0.1, 0.15) is 5.69 Å². The fourth-order valence-electron chi connectivity index (χ4n) is 2.91. The number of carbonyl (C=O) groups is 1. The van der Waals surface area contributed by atoms with Crippen molar-refractivity contribution in [2.24, 2.45) is 11.8 Å². The molecule has 2 unspecified atom stereocenters. The molecule has 1 saturated heterocycles. The van der Waals surface area contributed by atoms with Gasteiger partial charge in [-0.15, -0.1) is 12.4 Å². The number of fused-ring (bicyclic) bond motifs is 1. The summed E-state index contributed by atoms with van der Waals surface area (Å²) in [5, 5.41) is 6.49. The van der Waals surface area contributed by atoms with Crippen LogP contribution in [0.1, 0.15) is 30.4 Å². The van der Waals surface area contributed by atoms with Crippen LogP contribution >= 0.6 is 28.3 Å². The zero-order valence-electron chi connectivity index (χ0n) is 11.0. The Morgan fingerprint density at radius 1 is 1.47 bits per heavy atom. The van der Waals surface area contributed by atoms with E-state index >= 15 is 0 Å². The fraction of sp³-hybridized carbons (Fsp3) is 0.615. The Morgan fingerprint density at radius 3 is 2.68 bits per heavy atom. The Balaban J connectivity index is 0.00000133. The lowest BCUT2D eigenvalue weighted by Crippen LogP contribution is -2.33. The van der Waals surface area contributed by atoms with Gasteiger partial charge in [-0.2, -0.15) is 0 Å². The van der Waals surface area contributed by atoms with Gasteiger partial charge in [0, 0.05) is 35.8 Å². The zero-order chi connectivity index (χ0) is 12.9. The van der Waals surface area contributed by atoms with E-state index < -0.39 is 0 Å². The molecule has 3 rings (SSSR count). The highest BCUT2D eigenvalue weighted by Gasteiger charge is 2.53. The lowest BCUT2D eigenvalue weighted by molar-refractivity contribution is 0.0936. The van der Waals surface area contributed by atoms with Gasteiger partial charge < -0.3 is 15.2 Å². The maximum atomic E-state index is 12.3. The van der Waals surface area contributed by atoms with Crippen molar-refractivity contribution in [3.63, 3.8) is 0 Å². The minimum Gasteiger partial charge on any atom is -0.347 e. The predicted molar refractivity (Wildman–Crippen MR) is 80.9 cm³/mol. The molecule has 2 aliphatic rings. The molecule has 1 aliphatic carbocycles. The minimum absolute atomic E-state index is 0. The summed E-state index contributed by atoms with van der Waals surface area (Å²) in [4.78, 5) is 12.3. The van der Waals surface area contributed by atoms with Crippen molar-refractivity contribution in [1.29, 1.82) is 0 Å². The largest absolute Gasteiger partial charge is 0.347 e. The number of aromatic nitrogens is 1. The first-order valence-corrected chi connectivity index (χ1v) is 7.26. The first-order valence-electron chi connectivity index (χ1n) is 6.47. The van der Waals surface area contributed by atoms with Crippen molar-refractivity contribution < 1.29 is 4.79 Å². The second-order valence-electron chi connectivity index (χ2n) is 5.53. The number of hydrogen-bond donors (Lipinski definition) is 2. The molecule has 106 valence electrons. The second kappa shape index (κ2) is 5.46. The van der Waals surface area contributed by atoms with Crippen molar-refractivity contribution in [2.45, 2.75) is 25.9 Å². The van der Waals surface area contributed by atoms with Crippen LogP contribution in [0.4, 0.5) is 0 Å². The summed E-state index contributed by atoms with van der Waals surface area (Å²) in [5.74, 6) is 1.36. The van der Waals surface area contributed by atoms with E-state index in [0.717, 1.165) is 23.3 Å². The average molecular weight is 349 g/mol. The first-order chi connectivity index (χ1) is 8.58. The van der Waals surface area contributed by atoms with E-state index in [1.54, 1.807) is 0 Å². The van der Waals surface area contributed by atoms with Gasteiger partial charge in [0.2, 0.25) is 0 Å². The SMILES string of the molecule is CC(C)n1cc(Br)cc1C(=O)NC1C2CNCC21.Cl. The summed E-state index contributed by atoms with van der Waals surface area (Å²) < 4.78 is 2.97. The molecular weight excluding hydrogens is 330 g/mol. The third kappa shape index (κ3) is 2.69. The second-order valence-corrected chi connectivity index (χ2v) is 6.45. The molecule has 0 bridgehead atoms. The molecular formula is C13H19BrClN3O. The summed E-state index contributed by atoms with van der Waals surface area (Å²) in [6.45, 7) is 6.26. The van der Waals surface area contributed by atoms with E-state index in [2.05, 4.69) is 40.4 Å². The summed E-state index contributed by atoms with van der Waals surface area (Å²) in [6, 6.07) is 2.57. The van der Waals surface area contributed by atoms with E-state index in [0.29, 0.717) is 17.9 Å². The number of halogens is 2. The lowest BCUT2D eigenvalue weighted by atomic mass is 10.3. The van der Waals surface area contributed by atoms with E-state index in [9.17, 15) is 4.79 Å². The number of piperidine rings is 1. The molecule has 2 atom stereocenters. The zero-order valence-corrected chi connectivity index (χ0v) is 13.4. The number of nitrogens with one attached hydrogen (secondary N) is 2. The predicted octanol–water partition coefficient (Wildman–Crippen LogP) is 2.20. The molecule has 2 heterocycles. The molecule has 4 nitrogen and oxygen atoms in total. The quantitative estimate of drug-likeness (QED) is 0.880. The summed E-state index contributed by atoms with van der Waals surface area (Å²) in [5.41, 5.74) is 0.745. The Kier molecular flexibility index (Phi) is 4.28. The molecule has 1 saturated carbocycles. The third-order valence-electron chi connectivity index (χ3n) is 3.99. The Labute approximate surface area is 127 Å². The van der Waals surface area contributed by atoms with E-state index in [4.69, 9.17) is 0 Å². The van der Waals surface area contributed by atoms with Crippen LogP contribution in [-0.2, 0) is 0 Å². The van der Waals surface area contributed by atoms with Crippen molar-refractivity contribution in [2.75, 3.05) is 13.1 Å². The summed E-state index contributed by atoms with van der Waals surface area (Å²) in [7, 11) is 0. The summed E-state index contributed by atoms with van der Waals surface area (Å²) >= 11 is 3.44. The number of carbonyl (C=O) groups excluding carboxylic acids is 1. The maximum absolute atomic E-state index is 12.3. The molecule has 1 amide bonds. The van der Waals surface area contributed by atoms with Gasteiger partial charge in [-0.1, -0.05) is 0 Å². The van der Waals surface area contributed by atoms with Crippen molar-refractivity contribution in [1.82, 2.24) is 15.2 Å². The van der Waals surface area contributed by atoms with Crippen LogP contribution in [-0.4, -0.2) is 29.6 Å². The lowest BCUT2D eigenvalue weighted by Gasteiger charge is -2.13. The standard InChI is InChI=1S/C13H18BrN3O.ClH/c1-7(2)17-6-8(14)3-11(17)13(18)16-12-9-4-15-5-10(9)12;/h3,6-7,9-10,12,15H,4-5H2,1-2H3,(H,16,18);1H. The number of hydrogen-bond acceptors (Lipinski definition) is 2. The molecule has 6 heteroatoms. The van der Waals surface area contributed by atoms with Crippen molar-refractivity contribution in [3.8, 4) is 0 Å². The van der Waals surface area contributed by atoms with Crippen LogP contribution in [0.3, 0.4) is 0 Å². The molecule has 1 aromatic rings. The van der Waals surface area contributed by atoms with Gasteiger partial charge in [-0.25, -0.2) is 0 Å². The number of nitrogens with zero attached hydrogens (tertiary/aromatic N) is 1. The molecule has 19 heavy (non-hydrogen) atoms. The Hall–Kier alpha value is -0.520. The van der Waals surface area contributed by atoms with Gasteiger partial charge in [0.05, 0.1) is 0 Å². The fourth-order valence-corrected chi connectivity index (χ4v) is 3.35. The normalized spacial score (nSPS) is 27.9. The van der Waals surface area contributed by atoms with Crippen LogP contribution in [0.15, 0.2) is 16.7 Å². The number of rotatable bonds is 3. The highest BCUT2D eigenvalue weighted by molar-refractivity contribution is 9.10. The smallest absolute Gasteiger partial charge is 0.268 e. The molecule has 1 aliphatic heterocycles. The Bertz CT molecular complexity index is 478. The third-order valence-corrected chi connectivity index (χ3v) is 4.43. The van der Waals surface area contributed by atoms with Crippen LogP contribution in [0, 0.1) is 11.8 Å². The number of amides is 1. The van der Waals surface area contributed by atoms with Gasteiger partial charge in [0.15, 0.2) is 0 Å².